The minimum atomic E-state index is -0.325. The van der Waals surface area contributed by atoms with Crippen LogP contribution in [0.4, 0.5) is 11.5 Å². The number of benzene rings is 1. The molecule has 0 unspecified atom stereocenters. The first-order valence-electron chi connectivity index (χ1n) is 5.37. The highest BCUT2D eigenvalue weighted by atomic mass is 16.3. The van der Waals surface area contributed by atoms with Gasteiger partial charge in [0.25, 0.3) is 5.91 Å². The molecule has 0 atom stereocenters. The zero-order chi connectivity index (χ0) is 13.3. The fourth-order valence-electron chi connectivity index (χ4n) is 1.60. The van der Waals surface area contributed by atoms with Crippen LogP contribution in [0, 0.1) is 6.92 Å². The molecule has 6 nitrogen and oxygen atoms in total. The second kappa shape index (κ2) is 4.40. The largest absolute Gasteiger partial charge is 0.508 e. The second-order valence-corrected chi connectivity index (χ2v) is 4.02. The molecule has 0 radical (unpaired) electrons. The summed E-state index contributed by atoms with van der Waals surface area (Å²) >= 11 is 0. The summed E-state index contributed by atoms with van der Waals surface area (Å²) in [5.74, 6) is 0.143. The molecule has 18 heavy (non-hydrogen) atoms. The Morgan fingerprint density at radius 1 is 1.50 bits per heavy atom. The monoisotopic (exact) mass is 246 g/mol. The van der Waals surface area contributed by atoms with E-state index in [-0.39, 0.29) is 11.7 Å². The van der Waals surface area contributed by atoms with Gasteiger partial charge in [-0.25, -0.2) is 0 Å². The van der Waals surface area contributed by atoms with Gasteiger partial charge in [0.05, 0.1) is 6.20 Å². The van der Waals surface area contributed by atoms with Crippen molar-refractivity contribution in [3.8, 4) is 5.75 Å². The number of phenols is 1. The average molecular weight is 246 g/mol. The van der Waals surface area contributed by atoms with Crippen LogP contribution in [0.25, 0.3) is 0 Å². The summed E-state index contributed by atoms with van der Waals surface area (Å²) in [6.07, 6.45) is 1.42. The Kier molecular flexibility index (Phi) is 2.93. The quantitative estimate of drug-likeness (QED) is 0.695. The molecule has 0 aliphatic heterocycles. The highest BCUT2D eigenvalue weighted by Crippen LogP contribution is 2.21. The van der Waals surface area contributed by atoms with Crippen molar-refractivity contribution in [1.29, 1.82) is 0 Å². The Labute approximate surface area is 104 Å². The van der Waals surface area contributed by atoms with Crippen molar-refractivity contribution in [3.05, 3.63) is 35.5 Å². The number of carbonyl (C=O) groups excluding carboxylic acids is 1. The van der Waals surface area contributed by atoms with Gasteiger partial charge in [-0.1, -0.05) is 0 Å². The Balaban J connectivity index is 2.24. The van der Waals surface area contributed by atoms with E-state index in [0.29, 0.717) is 17.1 Å². The topological polar surface area (TPSA) is 93.2 Å². The maximum atomic E-state index is 12.0. The van der Waals surface area contributed by atoms with Crippen LogP contribution in [0.1, 0.15) is 15.9 Å². The molecule has 0 saturated carbocycles. The SMILES string of the molecule is Cc1cc(O)ccc1NC(=O)c1cnn(C)c1N. The number of anilines is 2. The minimum Gasteiger partial charge on any atom is -0.508 e. The van der Waals surface area contributed by atoms with Crippen molar-refractivity contribution in [2.45, 2.75) is 6.92 Å². The first-order chi connectivity index (χ1) is 8.49. The third kappa shape index (κ3) is 2.13. The maximum Gasteiger partial charge on any atom is 0.261 e. The van der Waals surface area contributed by atoms with Crippen LogP contribution in [-0.4, -0.2) is 20.8 Å². The number of aromatic nitrogens is 2. The van der Waals surface area contributed by atoms with Gasteiger partial charge in [0.2, 0.25) is 0 Å². The molecule has 94 valence electrons. The molecule has 6 heteroatoms. The number of amides is 1. The highest BCUT2D eigenvalue weighted by Gasteiger charge is 2.14. The van der Waals surface area contributed by atoms with E-state index in [1.807, 2.05) is 0 Å². The van der Waals surface area contributed by atoms with Crippen LogP contribution in [0.3, 0.4) is 0 Å². The minimum absolute atomic E-state index is 0.159. The number of nitrogens with zero attached hydrogens (tertiary/aromatic N) is 2. The van der Waals surface area contributed by atoms with Crippen molar-refractivity contribution >= 4 is 17.4 Å². The van der Waals surface area contributed by atoms with E-state index in [1.165, 1.54) is 16.9 Å². The number of phenolic OH excluding ortho intramolecular Hbond substituents is 1. The zero-order valence-electron chi connectivity index (χ0n) is 10.1. The summed E-state index contributed by atoms with van der Waals surface area (Å²) in [6.45, 7) is 1.79. The number of carbonyl (C=O) groups is 1. The second-order valence-electron chi connectivity index (χ2n) is 4.02. The molecular weight excluding hydrogens is 232 g/mol. The lowest BCUT2D eigenvalue weighted by atomic mass is 10.2. The normalized spacial score (nSPS) is 10.3. The number of aromatic hydroxyl groups is 1. The van der Waals surface area contributed by atoms with Crippen LogP contribution in [-0.2, 0) is 7.05 Å². The Hall–Kier alpha value is -2.50. The van der Waals surface area contributed by atoms with Crippen molar-refractivity contribution in [3.63, 3.8) is 0 Å². The first-order valence-corrected chi connectivity index (χ1v) is 5.37. The van der Waals surface area contributed by atoms with Gasteiger partial charge in [0.15, 0.2) is 0 Å². The summed E-state index contributed by atoms with van der Waals surface area (Å²) in [4.78, 5) is 12.0. The Morgan fingerprint density at radius 2 is 2.22 bits per heavy atom. The van der Waals surface area contributed by atoms with Gasteiger partial charge < -0.3 is 16.2 Å². The fraction of sp³-hybridized carbons (Fsp3) is 0.167. The molecule has 1 aromatic heterocycles. The predicted molar refractivity (Wildman–Crippen MR) is 68.4 cm³/mol. The maximum absolute atomic E-state index is 12.0. The molecule has 0 saturated heterocycles. The molecule has 0 fully saturated rings. The molecule has 4 N–H and O–H groups in total. The molecule has 0 spiro atoms. The number of hydrogen-bond donors (Lipinski definition) is 3. The van der Waals surface area contributed by atoms with Crippen molar-refractivity contribution < 1.29 is 9.90 Å². The molecular formula is C12H14N4O2. The molecule has 0 aliphatic rings. The highest BCUT2D eigenvalue weighted by molar-refractivity contribution is 6.07. The number of rotatable bonds is 2. The van der Waals surface area contributed by atoms with E-state index in [2.05, 4.69) is 10.4 Å². The summed E-state index contributed by atoms with van der Waals surface area (Å²) < 4.78 is 1.43. The van der Waals surface area contributed by atoms with E-state index in [0.717, 1.165) is 5.56 Å². The summed E-state index contributed by atoms with van der Waals surface area (Å²) in [5.41, 5.74) is 7.44. The van der Waals surface area contributed by atoms with Gasteiger partial charge in [-0.05, 0) is 30.7 Å². The smallest absolute Gasteiger partial charge is 0.261 e. The van der Waals surface area contributed by atoms with Crippen molar-refractivity contribution in [2.75, 3.05) is 11.1 Å². The lowest BCUT2D eigenvalue weighted by Crippen LogP contribution is -2.14. The molecule has 1 heterocycles. The lowest BCUT2D eigenvalue weighted by Gasteiger charge is -2.08. The van der Waals surface area contributed by atoms with Crippen LogP contribution in [0.15, 0.2) is 24.4 Å². The molecule has 1 amide bonds. The van der Waals surface area contributed by atoms with E-state index in [1.54, 1.807) is 26.1 Å². The number of aryl methyl sites for hydroxylation is 2. The first kappa shape index (κ1) is 12.0. The summed E-state index contributed by atoms with van der Waals surface area (Å²) in [5, 5.41) is 15.9. The molecule has 0 bridgehead atoms. The van der Waals surface area contributed by atoms with Crippen LogP contribution in [0.5, 0.6) is 5.75 Å². The average Bonchev–Trinajstić information content (AvgIpc) is 2.64. The van der Waals surface area contributed by atoms with Gasteiger partial charge in [0, 0.05) is 12.7 Å². The van der Waals surface area contributed by atoms with E-state index in [4.69, 9.17) is 5.73 Å². The van der Waals surface area contributed by atoms with Crippen molar-refractivity contribution in [2.24, 2.45) is 7.05 Å². The van der Waals surface area contributed by atoms with E-state index in [9.17, 15) is 9.90 Å². The van der Waals surface area contributed by atoms with E-state index < -0.39 is 0 Å². The molecule has 0 aliphatic carbocycles. The molecule has 2 aromatic rings. The summed E-state index contributed by atoms with van der Waals surface area (Å²) in [6, 6.07) is 4.71. The standard InChI is InChI=1S/C12H14N4O2/c1-7-5-8(17)3-4-10(7)15-12(18)9-6-14-16(2)11(9)13/h3-6,17H,13H2,1-2H3,(H,15,18). The number of hydrogen-bond acceptors (Lipinski definition) is 4. The Bertz CT molecular complexity index is 604. The molecule has 1 aromatic carbocycles. The van der Waals surface area contributed by atoms with Crippen LogP contribution >= 0.6 is 0 Å². The van der Waals surface area contributed by atoms with Gasteiger partial charge in [0.1, 0.15) is 17.1 Å². The molecule has 2 rings (SSSR count). The predicted octanol–water partition coefficient (Wildman–Crippen LogP) is 1.27. The van der Waals surface area contributed by atoms with Gasteiger partial charge in [-0.3, -0.25) is 9.48 Å². The lowest BCUT2D eigenvalue weighted by molar-refractivity contribution is 0.102. The third-order valence-electron chi connectivity index (χ3n) is 2.69. The van der Waals surface area contributed by atoms with Gasteiger partial charge in [-0.2, -0.15) is 5.10 Å². The summed E-state index contributed by atoms with van der Waals surface area (Å²) in [7, 11) is 1.66. The van der Waals surface area contributed by atoms with Gasteiger partial charge in [-0.15, -0.1) is 0 Å². The Morgan fingerprint density at radius 3 is 2.78 bits per heavy atom. The third-order valence-corrected chi connectivity index (χ3v) is 2.69. The zero-order valence-corrected chi connectivity index (χ0v) is 10.1. The number of nitrogen functional groups attached to an aromatic ring is 1. The number of nitrogens with two attached hydrogens (primary N) is 1. The van der Waals surface area contributed by atoms with Crippen LogP contribution in [0.2, 0.25) is 0 Å². The fourth-order valence-corrected chi connectivity index (χ4v) is 1.60. The van der Waals surface area contributed by atoms with Crippen molar-refractivity contribution in [1.82, 2.24) is 9.78 Å². The van der Waals surface area contributed by atoms with E-state index >= 15 is 0 Å². The number of nitrogens with one attached hydrogen (secondary N) is 1. The van der Waals surface area contributed by atoms with Gasteiger partial charge >= 0.3 is 0 Å². The van der Waals surface area contributed by atoms with Crippen LogP contribution < -0.4 is 11.1 Å².